The normalized spacial score (nSPS) is 7.75. The maximum atomic E-state index is 10.2. The summed E-state index contributed by atoms with van der Waals surface area (Å²) < 4.78 is 0.775. The van der Waals surface area contributed by atoms with Crippen LogP contribution in [-0.4, -0.2) is 21.5 Å². The fourth-order valence-corrected chi connectivity index (χ4v) is 0.737. The van der Waals surface area contributed by atoms with Crippen LogP contribution in [0.3, 0.4) is 0 Å². The van der Waals surface area contributed by atoms with Crippen LogP contribution in [0, 0.1) is 0 Å². The fraction of sp³-hybridized carbons (Fsp3) is 0. The Balaban J connectivity index is 0. The predicted octanol–water partition coefficient (Wildman–Crippen LogP) is -1.63. The zero-order chi connectivity index (χ0) is 7.56. The number of carbonyl (C=O) groups is 1. The SMILES string of the molecule is O=C(O)c1ccc(Br)cn1.[Li+].[OH-]. The van der Waals surface area contributed by atoms with Crippen LogP contribution in [0.4, 0.5) is 0 Å². The Morgan fingerprint density at radius 2 is 2.08 bits per heavy atom. The molecule has 0 bridgehead atoms. The maximum Gasteiger partial charge on any atom is 1.00 e. The van der Waals surface area contributed by atoms with Gasteiger partial charge in [-0.05, 0) is 28.1 Å². The van der Waals surface area contributed by atoms with Gasteiger partial charge >= 0.3 is 24.8 Å². The second-order valence-electron chi connectivity index (χ2n) is 1.67. The van der Waals surface area contributed by atoms with Crippen LogP contribution < -0.4 is 18.9 Å². The smallest absolute Gasteiger partial charge is 0.870 e. The van der Waals surface area contributed by atoms with E-state index in [0.29, 0.717) is 0 Å². The van der Waals surface area contributed by atoms with E-state index in [0.717, 1.165) is 4.47 Å². The van der Waals surface area contributed by atoms with Crippen molar-refractivity contribution >= 4 is 21.9 Å². The summed E-state index contributed by atoms with van der Waals surface area (Å²) in [4.78, 5) is 13.9. The zero-order valence-electron chi connectivity index (χ0n) is 6.36. The largest absolute Gasteiger partial charge is 1.00 e. The van der Waals surface area contributed by atoms with E-state index < -0.39 is 5.97 Å². The number of hydrogen-bond acceptors (Lipinski definition) is 3. The van der Waals surface area contributed by atoms with Gasteiger partial charge in [0.2, 0.25) is 0 Å². The summed E-state index contributed by atoms with van der Waals surface area (Å²) >= 11 is 3.14. The Hall–Kier alpha value is -0.343. The van der Waals surface area contributed by atoms with Gasteiger partial charge in [0.1, 0.15) is 5.69 Å². The van der Waals surface area contributed by atoms with Gasteiger partial charge in [-0.2, -0.15) is 0 Å². The Kier molecular flexibility index (Phi) is 7.34. The van der Waals surface area contributed by atoms with Crippen molar-refractivity contribution in [1.82, 2.24) is 4.98 Å². The molecule has 0 amide bonds. The van der Waals surface area contributed by atoms with Gasteiger partial charge in [0.15, 0.2) is 0 Å². The first-order valence-corrected chi connectivity index (χ1v) is 3.34. The predicted molar refractivity (Wildman–Crippen MR) is 40.8 cm³/mol. The van der Waals surface area contributed by atoms with Gasteiger partial charge < -0.3 is 10.6 Å². The third-order valence-electron chi connectivity index (χ3n) is 0.947. The van der Waals surface area contributed by atoms with E-state index in [-0.39, 0.29) is 30.0 Å². The maximum absolute atomic E-state index is 10.2. The minimum absolute atomic E-state index is 0. The molecule has 6 heteroatoms. The number of carboxylic acid groups (broad SMARTS) is 1. The first kappa shape index (κ1) is 14.2. The first-order valence-electron chi connectivity index (χ1n) is 2.55. The molecule has 12 heavy (non-hydrogen) atoms. The van der Waals surface area contributed by atoms with Gasteiger partial charge in [0.25, 0.3) is 0 Å². The number of nitrogens with zero attached hydrogens (tertiary/aromatic N) is 1. The minimum atomic E-state index is -1.01. The fourth-order valence-electron chi connectivity index (χ4n) is 0.502. The molecule has 0 aromatic carbocycles. The molecular weight excluding hydrogens is 221 g/mol. The van der Waals surface area contributed by atoms with Crippen molar-refractivity contribution in [2.45, 2.75) is 0 Å². The van der Waals surface area contributed by atoms with Crippen molar-refractivity contribution in [3.05, 3.63) is 28.5 Å². The first-order chi connectivity index (χ1) is 4.70. The van der Waals surface area contributed by atoms with E-state index in [1.54, 1.807) is 6.07 Å². The molecular formula is C6H5BrLiNO3. The summed E-state index contributed by atoms with van der Waals surface area (Å²) in [5.41, 5.74) is 0.0585. The third kappa shape index (κ3) is 3.88. The molecule has 0 fully saturated rings. The van der Waals surface area contributed by atoms with Crippen LogP contribution in [0.15, 0.2) is 22.8 Å². The molecule has 2 N–H and O–H groups in total. The molecule has 0 atom stereocenters. The Morgan fingerprint density at radius 1 is 1.50 bits per heavy atom. The third-order valence-corrected chi connectivity index (χ3v) is 1.42. The van der Waals surface area contributed by atoms with E-state index in [1.807, 2.05) is 0 Å². The Morgan fingerprint density at radius 3 is 2.42 bits per heavy atom. The molecule has 4 nitrogen and oxygen atoms in total. The number of aromatic nitrogens is 1. The second-order valence-corrected chi connectivity index (χ2v) is 2.58. The van der Waals surface area contributed by atoms with Crippen molar-refractivity contribution in [1.29, 1.82) is 0 Å². The zero-order valence-corrected chi connectivity index (χ0v) is 7.95. The van der Waals surface area contributed by atoms with Gasteiger partial charge in [-0.3, -0.25) is 0 Å². The summed E-state index contributed by atoms with van der Waals surface area (Å²) in [7, 11) is 0. The molecule has 0 aliphatic rings. The molecule has 0 aliphatic carbocycles. The van der Waals surface area contributed by atoms with E-state index in [2.05, 4.69) is 20.9 Å². The van der Waals surface area contributed by atoms with Crippen molar-refractivity contribution in [2.75, 3.05) is 0 Å². The van der Waals surface area contributed by atoms with Gasteiger partial charge in [-0.25, -0.2) is 9.78 Å². The van der Waals surface area contributed by atoms with E-state index >= 15 is 0 Å². The van der Waals surface area contributed by atoms with Crippen LogP contribution >= 0.6 is 15.9 Å². The van der Waals surface area contributed by atoms with Crippen molar-refractivity contribution in [3.63, 3.8) is 0 Å². The number of halogens is 1. The minimum Gasteiger partial charge on any atom is -0.870 e. The van der Waals surface area contributed by atoms with Crippen molar-refractivity contribution in [2.24, 2.45) is 0 Å². The molecule has 0 unspecified atom stereocenters. The molecule has 1 heterocycles. The molecule has 1 aromatic heterocycles. The standard InChI is InChI=1S/C6H4BrNO2.Li.H2O/c7-4-1-2-5(6(9)10)8-3-4;;/h1-3H,(H,9,10);;1H2/q;+1;/p-1. The van der Waals surface area contributed by atoms with Gasteiger partial charge in [0.05, 0.1) is 0 Å². The number of aromatic carboxylic acids is 1. The summed E-state index contributed by atoms with van der Waals surface area (Å²) in [6.07, 6.45) is 1.45. The number of rotatable bonds is 1. The van der Waals surface area contributed by atoms with Crippen LogP contribution in [-0.2, 0) is 0 Å². The summed E-state index contributed by atoms with van der Waals surface area (Å²) in [6.45, 7) is 0. The summed E-state index contributed by atoms with van der Waals surface area (Å²) in [5, 5.41) is 8.40. The molecule has 0 radical (unpaired) electrons. The van der Waals surface area contributed by atoms with E-state index in [1.165, 1.54) is 12.3 Å². The average Bonchev–Trinajstić information content (AvgIpc) is 1.88. The summed E-state index contributed by atoms with van der Waals surface area (Å²) in [6, 6.07) is 3.07. The number of carboxylic acids is 1. The monoisotopic (exact) mass is 225 g/mol. The van der Waals surface area contributed by atoms with Gasteiger partial charge in [0, 0.05) is 10.7 Å². The van der Waals surface area contributed by atoms with Crippen LogP contribution in [0.1, 0.15) is 10.5 Å². The van der Waals surface area contributed by atoms with Crippen LogP contribution in [0.25, 0.3) is 0 Å². The molecule has 0 saturated carbocycles. The Bertz CT molecular complexity index is 251. The van der Waals surface area contributed by atoms with Crippen LogP contribution in [0.5, 0.6) is 0 Å². The van der Waals surface area contributed by atoms with Crippen molar-refractivity contribution in [3.8, 4) is 0 Å². The van der Waals surface area contributed by atoms with E-state index in [9.17, 15) is 4.79 Å². The second kappa shape index (κ2) is 6.20. The number of pyridine rings is 1. The summed E-state index contributed by atoms with van der Waals surface area (Å²) in [5.74, 6) is -1.01. The topological polar surface area (TPSA) is 80.2 Å². The Labute approximate surface area is 89.6 Å². The average molecular weight is 226 g/mol. The van der Waals surface area contributed by atoms with Gasteiger partial charge in [-0.15, -0.1) is 0 Å². The molecule has 0 aliphatic heterocycles. The number of hydrogen-bond donors (Lipinski definition) is 1. The molecule has 1 rings (SSSR count). The molecule has 0 saturated heterocycles. The molecule has 1 aromatic rings. The molecule has 60 valence electrons. The van der Waals surface area contributed by atoms with Crippen molar-refractivity contribution < 1.29 is 34.2 Å². The quantitative estimate of drug-likeness (QED) is 0.583. The molecule has 0 spiro atoms. The van der Waals surface area contributed by atoms with Gasteiger partial charge in [-0.1, -0.05) is 0 Å². The van der Waals surface area contributed by atoms with E-state index in [4.69, 9.17) is 5.11 Å². The van der Waals surface area contributed by atoms with Crippen LogP contribution in [0.2, 0.25) is 0 Å².